The van der Waals surface area contributed by atoms with Crippen molar-refractivity contribution >= 4 is 40.0 Å². The molecule has 158 valence electrons. The smallest absolute Gasteiger partial charge is 0.410 e. The Morgan fingerprint density at radius 2 is 1.77 bits per heavy atom. The van der Waals surface area contributed by atoms with Gasteiger partial charge in [-0.15, -0.1) is 0 Å². The Morgan fingerprint density at radius 3 is 2.48 bits per heavy atom. The van der Waals surface area contributed by atoms with Gasteiger partial charge in [-0.05, 0) is 67.1 Å². The fourth-order valence-electron chi connectivity index (χ4n) is 3.41. The predicted molar refractivity (Wildman–Crippen MR) is 125 cm³/mol. The molecular weight excluding hydrogens is 412 g/mol. The van der Waals surface area contributed by atoms with Crippen LogP contribution in [-0.2, 0) is 0 Å². The Morgan fingerprint density at radius 1 is 1.03 bits per heavy atom. The van der Waals surface area contributed by atoms with E-state index in [1.165, 1.54) is 4.90 Å². The zero-order valence-electron chi connectivity index (χ0n) is 17.4. The van der Waals surface area contributed by atoms with Crippen LogP contribution < -0.4 is 14.6 Å². The molecule has 0 spiro atoms. The van der Waals surface area contributed by atoms with Crippen LogP contribution in [0.1, 0.15) is 13.3 Å². The summed E-state index contributed by atoms with van der Waals surface area (Å²) in [6.45, 7) is 3.01. The molecule has 0 N–H and O–H groups in total. The van der Waals surface area contributed by atoms with E-state index in [0.29, 0.717) is 16.5 Å². The summed E-state index contributed by atoms with van der Waals surface area (Å²) >= 11 is 5.92. The van der Waals surface area contributed by atoms with Crippen molar-refractivity contribution in [2.75, 3.05) is 23.5 Å². The van der Waals surface area contributed by atoms with Crippen molar-refractivity contribution in [2.45, 2.75) is 13.3 Å². The Bertz CT molecular complexity index is 1180. The van der Waals surface area contributed by atoms with E-state index in [2.05, 4.69) is 21.6 Å². The number of anilines is 2. The van der Waals surface area contributed by atoms with E-state index < -0.39 is 6.09 Å². The van der Waals surface area contributed by atoms with Gasteiger partial charge in [0.2, 0.25) is 0 Å². The van der Waals surface area contributed by atoms with Crippen LogP contribution in [0.5, 0.6) is 5.75 Å². The van der Waals surface area contributed by atoms with Crippen molar-refractivity contribution in [1.29, 1.82) is 0 Å². The van der Waals surface area contributed by atoms with E-state index in [4.69, 9.17) is 16.3 Å². The average molecular weight is 435 g/mol. The van der Waals surface area contributed by atoms with Crippen LogP contribution in [0.3, 0.4) is 0 Å². The number of carbonyl (C=O) groups is 1. The van der Waals surface area contributed by atoms with Crippen LogP contribution in [-0.4, -0.2) is 29.3 Å². The zero-order chi connectivity index (χ0) is 21.8. The first-order valence-electron chi connectivity index (χ1n) is 10.1. The normalized spacial score (nSPS) is 10.8. The summed E-state index contributed by atoms with van der Waals surface area (Å²) in [5.74, 6) is 0.488. The van der Waals surface area contributed by atoms with Crippen LogP contribution >= 0.6 is 11.6 Å². The third-order valence-electron chi connectivity index (χ3n) is 4.99. The largest absolute Gasteiger partial charge is 0.419 e. The topological polar surface area (TPSA) is 50.6 Å². The van der Waals surface area contributed by atoms with Gasteiger partial charge in [-0.2, -0.15) is 0 Å². The van der Waals surface area contributed by atoms with Crippen molar-refractivity contribution in [3.63, 3.8) is 0 Å². The molecule has 31 heavy (non-hydrogen) atoms. The number of rotatable bonds is 6. The molecule has 4 rings (SSSR count). The second-order valence-corrected chi connectivity index (χ2v) is 7.55. The van der Waals surface area contributed by atoms with Gasteiger partial charge in [0, 0.05) is 48.3 Å². The summed E-state index contributed by atoms with van der Waals surface area (Å²) < 4.78 is 7.70. The molecule has 0 aliphatic rings. The van der Waals surface area contributed by atoms with Crippen LogP contribution in [0, 0.1) is 0 Å². The van der Waals surface area contributed by atoms with Crippen molar-refractivity contribution in [3.05, 3.63) is 84.3 Å². The van der Waals surface area contributed by atoms with Gasteiger partial charge in [0.25, 0.3) is 0 Å². The monoisotopic (exact) mass is 434 g/mol. The lowest BCUT2D eigenvalue weighted by Gasteiger charge is -2.26. The number of nitrogens with zero attached hydrogens (tertiary/aromatic N) is 4. The number of halogens is 1. The lowest BCUT2D eigenvalue weighted by molar-refractivity contribution is 0.209. The molecule has 0 radical (unpaired) electrons. The van der Waals surface area contributed by atoms with Gasteiger partial charge < -0.3 is 4.74 Å². The average Bonchev–Trinajstić information content (AvgIpc) is 3.21. The summed E-state index contributed by atoms with van der Waals surface area (Å²) in [4.78, 5) is 18.1. The van der Waals surface area contributed by atoms with Crippen LogP contribution in [0.15, 0.2) is 79.3 Å². The van der Waals surface area contributed by atoms with Gasteiger partial charge in [0.15, 0.2) is 0 Å². The molecule has 0 fully saturated rings. The molecule has 7 heteroatoms. The van der Waals surface area contributed by atoms with Gasteiger partial charge in [-0.25, -0.2) is 4.79 Å². The summed E-state index contributed by atoms with van der Waals surface area (Å²) in [5, 5.41) is 3.79. The number of fused-ring (bicyclic) bond motifs is 1. The summed E-state index contributed by atoms with van der Waals surface area (Å²) in [7, 11) is 1.66. The number of aromatic nitrogens is 2. The quantitative estimate of drug-likeness (QED) is 0.373. The second-order valence-electron chi connectivity index (χ2n) is 7.11. The first-order valence-corrected chi connectivity index (χ1v) is 10.4. The van der Waals surface area contributed by atoms with Gasteiger partial charge in [-0.3, -0.25) is 19.6 Å². The molecule has 0 bridgehead atoms. The fraction of sp³-hybridized carbons (Fsp3) is 0.167. The standard InChI is InChI=1S/C24H23ClN4O2/c1-3-15-28(21-10-13-26-14-11-21)29-16-12-18-17-22(8-9-23(18)29)31-24(30)27(2)20-6-4-19(25)5-7-20/h4-14,16-17H,3,15H2,1-2H3. The molecule has 0 aliphatic heterocycles. The molecular formula is C24H23ClN4O2. The molecule has 1 amide bonds. The summed E-state index contributed by atoms with van der Waals surface area (Å²) in [5.41, 5.74) is 2.79. The van der Waals surface area contributed by atoms with Crippen molar-refractivity contribution < 1.29 is 9.53 Å². The Kier molecular flexibility index (Phi) is 6.09. The Labute approximate surface area is 186 Å². The number of ether oxygens (including phenoxy) is 1. The van der Waals surface area contributed by atoms with Gasteiger partial charge in [0.1, 0.15) is 5.75 Å². The Hall–Kier alpha value is -3.51. The highest BCUT2D eigenvalue weighted by Crippen LogP contribution is 2.26. The molecule has 6 nitrogen and oxygen atoms in total. The zero-order valence-corrected chi connectivity index (χ0v) is 18.2. The van der Waals surface area contributed by atoms with Crippen LogP contribution in [0.2, 0.25) is 5.02 Å². The number of benzene rings is 2. The highest BCUT2D eigenvalue weighted by Gasteiger charge is 2.15. The maximum atomic E-state index is 12.6. The highest BCUT2D eigenvalue weighted by atomic mass is 35.5. The lowest BCUT2D eigenvalue weighted by Crippen LogP contribution is -2.29. The minimum Gasteiger partial charge on any atom is -0.410 e. The minimum absolute atomic E-state index is 0.467. The van der Waals surface area contributed by atoms with Crippen molar-refractivity contribution in [2.24, 2.45) is 0 Å². The SMILES string of the molecule is CCCN(c1ccncc1)n1ccc2cc(OC(=O)N(C)c3ccc(Cl)cc3)ccc21. The molecule has 0 saturated carbocycles. The number of hydrogen-bond donors (Lipinski definition) is 0. The fourth-order valence-corrected chi connectivity index (χ4v) is 3.53. The van der Waals surface area contributed by atoms with E-state index in [-0.39, 0.29) is 0 Å². The Balaban J connectivity index is 1.57. The molecule has 4 aromatic rings. The number of pyridine rings is 1. The predicted octanol–water partition coefficient (Wildman–Crippen LogP) is 6.00. The molecule has 2 aromatic carbocycles. The van der Waals surface area contributed by atoms with Crippen molar-refractivity contribution in [3.8, 4) is 5.75 Å². The molecule has 2 aromatic heterocycles. The van der Waals surface area contributed by atoms with Crippen molar-refractivity contribution in [1.82, 2.24) is 9.66 Å². The molecule has 2 heterocycles. The van der Waals surface area contributed by atoms with Gasteiger partial charge >= 0.3 is 6.09 Å². The summed E-state index contributed by atoms with van der Waals surface area (Å²) in [6.07, 6.45) is 6.13. The number of amides is 1. The van der Waals surface area contributed by atoms with E-state index in [1.54, 1.807) is 43.7 Å². The van der Waals surface area contributed by atoms with E-state index >= 15 is 0 Å². The van der Waals surface area contributed by atoms with Gasteiger partial charge in [-0.1, -0.05) is 18.5 Å². The number of carbonyl (C=O) groups excluding carboxylic acids is 1. The van der Waals surface area contributed by atoms with E-state index in [0.717, 1.165) is 29.6 Å². The van der Waals surface area contributed by atoms with Crippen LogP contribution in [0.25, 0.3) is 10.9 Å². The lowest BCUT2D eigenvalue weighted by atomic mass is 10.2. The van der Waals surface area contributed by atoms with Crippen LogP contribution in [0.4, 0.5) is 16.2 Å². The molecule has 0 unspecified atom stereocenters. The third kappa shape index (κ3) is 4.49. The molecule has 0 saturated heterocycles. The highest BCUT2D eigenvalue weighted by molar-refractivity contribution is 6.30. The molecule has 0 aliphatic carbocycles. The second kappa shape index (κ2) is 9.10. The number of hydrogen-bond acceptors (Lipinski definition) is 4. The van der Waals surface area contributed by atoms with Gasteiger partial charge in [0.05, 0.1) is 11.2 Å². The first-order chi connectivity index (χ1) is 15.1. The van der Waals surface area contributed by atoms with E-state index in [1.807, 2.05) is 42.6 Å². The maximum absolute atomic E-state index is 12.6. The maximum Gasteiger partial charge on any atom is 0.419 e. The third-order valence-corrected chi connectivity index (χ3v) is 5.24. The summed E-state index contributed by atoms with van der Waals surface area (Å²) in [6, 6.07) is 18.7. The van der Waals surface area contributed by atoms with E-state index in [9.17, 15) is 4.79 Å². The first kappa shape index (κ1) is 20.8. The minimum atomic E-state index is -0.467. The molecule has 0 atom stereocenters.